The third kappa shape index (κ3) is 3.93. The fourth-order valence-corrected chi connectivity index (χ4v) is 4.09. The highest BCUT2D eigenvalue weighted by Gasteiger charge is 2.17. The molecular formula is C26H26N6. The molecule has 0 unspecified atom stereocenters. The second-order valence-corrected chi connectivity index (χ2v) is 7.68. The zero-order chi connectivity index (χ0) is 22.7. The van der Waals surface area contributed by atoms with Gasteiger partial charge in [-0.25, -0.2) is 4.98 Å². The molecule has 6 heteroatoms. The van der Waals surface area contributed by atoms with E-state index in [9.17, 15) is 0 Å². The average molecular weight is 423 g/mol. The summed E-state index contributed by atoms with van der Waals surface area (Å²) in [5.41, 5.74) is 8.76. The van der Waals surface area contributed by atoms with Crippen molar-refractivity contribution in [1.82, 2.24) is 14.9 Å². The van der Waals surface area contributed by atoms with Crippen LogP contribution in [0.1, 0.15) is 18.1 Å². The topological polar surface area (TPSA) is 78.0 Å². The van der Waals surface area contributed by atoms with Gasteiger partial charge in [-0.3, -0.25) is 10.3 Å². The van der Waals surface area contributed by atoms with Crippen LogP contribution in [0.15, 0.2) is 65.7 Å². The number of nitrogens with zero attached hydrogens (tertiary/aromatic N) is 4. The molecule has 0 aliphatic heterocycles. The Balaban J connectivity index is 1.84. The van der Waals surface area contributed by atoms with Crippen LogP contribution in [-0.4, -0.2) is 22.6 Å². The Morgan fingerprint density at radius 3 is 2.50 bits per heavy atom. The molecule has 0 saturated carbocycles. The number of imidazole rings is 1. The molecule has 160 valence electrons. The van der Waals surface area contributed by atoms with Crippen molar-refractivity contribution in [3.63, 3.8) is 0 Å². The van der Waals surface area contributed by atoms with E-state index in [0.29, 0.717) is 5.96 Å². The molecule has 0 atom stereocenters. The van der Waals surface area contributed by atoms with Crippen LogP contribution < -0.4 is 10.6 Å². The Bertz CT molecular complexity index is 1360. The van der Waals surface area contributed by atoms with E-state index in [4.69, 9.17) is 10.2 Å². The van der Waals surface area contributed by atoms with Crippen LogP contribution in [0.5, 0.6) is 0 Å². The van der Waals surface area contributed by atoms with Gasteiger partial charge in [-0.05, 0) is 55.7 Å². The minimum atomic E-state index is 0.391. The second-order valence-electron chi connectivity index (χ2n) is 7.68. The smallest absolute Gasteiger partial charge is 0.208 e. The fraction of sp³-hybridized carbons (Fsp3) is 0.192. The molecule has 32 heavy (non-hydrogen) atoms. The maximum absolute atomic E-state index is 8.87. The summed E-state index contributed by atoms with van der Waals surface area (Å²) in [6.07, 6.45) is 1.89. The summed E-state index contributed by atoms with van der Waals surface area (Å²) in [6, 6.07) is 21.0. The summed E-state index contributed by atoms with van der Waals surface area (Å²) >= 11 is 0. The molecular weight excluding hydrogens is 396 g/mol. The van der Waals surface area contributed by atoms with E-state index in [1.165, 1.54) is 22.3 Å². The number of aromatic nitrogens is 2. The SMILES string of the molecule is CCn1c(-c2ccccc2-c2ccc(C)cc2C)nc2cc(NC(=NC)NC#N)ccc21. The number of hydrogen-bond donors (Lipinski definition) is 2. The van der Waals surface area contributed by atoms with Crippen LogP contribution >= 0.6 is 0 Å². The number of benzene rings is 3. The maximum Gasteiger partial charge on any atom is 0.208 e. The third-order valence-corrected chi connectivity index (χ3v) is 5.57. The molecule has 0 saturated heterocycles. The number of hydrogen-bond acceptors (Lipinski definition) is 3. The van der Waals surface area contributed by atoms with E-state index in [1.807, 2.05) is 18.3 Å². The Labute approximate surface area is 188 Å². The van der Waals surface area contributed by atoms with Gasteiger partial charge >= 0.3 is 0 Å². The number of nitrogens with one attached hydrogen (secondary N) is 2. The van der Waals surface area contributed by atoms with Gasteiger partial charge in [0.2, 0.25) is 5.96 Å². The van der Waals surface area contributed by atoms with Gasteiger partial charge in [-0.1, -0.05) is 48.0 Å². The highest BCUT2D eigenvalue weighted by atomic mass is 15.2. The molecule has 1 aromatic heterocycles. The van der Waals surface area contributed by atoms with E-state index < -0.39 is 0 Å². The average Bonchev–Trinajstić information content (AvgIpc) is 3.16. The zero-order valence-corrected chi connectivity index (χ0v) is 18.8. The van der Waals surface area contributed by atoms with Gasteiger partial charge in [0.1, 0.15) is 5.82 Å². The number of rotatable bonds is 4. The van der Waals surface area contributed by atoms with E-state index >= 15 is 0 Å². The molecule has 0 fully saturated rings. The fourth-order valence-electron chi connectivity index (χ4n) is 4.09. The number of anilines is 1. The van der Waals surface area contributed by atoms with Crippen LogP contribution in [-0.2, 0) is 6.54 Å². The van der Waals surface area contributed by atoms with Crippen molar-refractivity contribution in [1.29, 1.82) is 5.26 Å². The standard InChI is InChI=1S/C26H26N6/c1-5-32-24-13-11-19(30-26(28-4)29-16-27)15-23(24)31-25(32)22-9-7-6-8-21(22)20-12-10-17(2)14-18(20)3/h6-15H,5H2,1-4H3,(H2,28,29,30). The van der Waals surface area contributed by atoms with Crippen molar-refractivity contribution in [3.8, 4) is 28.7 Å². The Morgan fingerprint density at radius 2 is 1.81 bits per heavy atom. The molecule has 4 aromatic rings. The van der Waals surface area contributed by atoms with Crippen LogP contribution in [0.4, 0.5) is 5.69 Å². The third-order valence-electron chi connectivity index (χ3n) is 5.57. The summed E-state index contributed by atoms with van der Waals surface area (Å²) < 4.78 is 2.24. The van der Waals surface area contributed by atoms with Gasteiger partial charge < -0.3 is 9.88 Å². The zero-order valence-electron chi connectivity index (χ0n) is 18.8. The number of aliphatic imine (C=N–C) groups is 1. The van der Waals surface area contributed by atoms with E-state index in [-0.39, 0.29) is 0 Å². The predicted octanol–water partition coefficient (Wildman–Crippen LogP) is 5.48. The number of nitriles is 1. The number of aryl methyl sites for hydroxylation is 3. The highest BCUT2D eigenvalue weighted by Crippen LogP contribution is 2.35. The largest absolute Gasteiger partial charge is 0.325 e. The second kappa shape index (κ2) is 8.94. The van der Waals surface area contributed by atoms with Crippen molar-refractivity contribution < 1.29 is 0 Å². The first-order valence-electron chi connectivity index (χ1n) is 10.6. The minimum Gasteiger partial charge on any atom is -0.325 e. The summed E-state index contributed by atoms with van der Waals surface area (Å²) in [7, 11) is 1.62. The minimum absolute atomic E-state index is 0.391. The summed E-state index contributed by atoms with van der Waals surface area (Å²) in [6.45, 7) is 7.21. The van der Waals surface area contributed by atoms with Crippen LogP contribution in [0.3, 0.4) is 0 Å². The first-order valence-corrected chi connectivity index (χ1v) is 10.6. The molecule has 0 spiro atoms. The summed E-state index contributed by atoms with van der Waals surface area (Å²) in [5.74, 6) is 1.33. The van der Waals surface area contributed by atoms with Crippen molar-refractivity contribution >= 4 is 22.7 Å². The number of guanidine groups is 1. The van der Waals surface area contributed by atoms with Gasteiger partial charge in [0.15, 0.2) is 6.19 Å². The summed E-state index contributed by atoms with van der Waals surface area (Å²) in [4.78, 5) is 9.07. The lowest BCUT2D eigenvalue weighted by Crippen LogP contribution is -2.26. The lowest BCUT2D eigenvalue weighted by atomic mass is 9.94. The van der Waals surface area contributed by atoms with Crippen LogP contribution in [0, 0.1) is 25.3 Å². The van der Waals surface area contributed by atoms with Crippen molar-refractivity contribution in [3.05, 3.63) is 71.8 Å². The molecule has 0 aliphatic carbocycles. The first kappa shape index (κ1) is 21.1. The molecule has 1 heterocycles. The molecule has 0 amide bonds. The van der Waals surface area contributed by atoms with Gasteiger partial charge in [0, 0.05) is 24.8 Å². The normalized spacial score (nSPS) is 11.4. The molecule has 4 rings (SSSR count). The Hall–Kier alpha value is -4.11. The molecule has 6 nitrogen and oxygen atoms in total. The quantitative estimate of drug-likeness (QED) is 0.198. The molecule has 3 aromatic carbocycles. The van der Waals surface area contributed by atoms with Gasteiger partial charge in [-0.15, -0.1) is 0 Å². The highest BCUT2D eigenvalue weighted by molar-refractivity contribution is 5.96. The van der Waals surface area contributed by atoms with E-state index in [0.717, 1.165) is 34.7 Å². The first-order chi connectivity index (χ1) is 15.5. The number of fused-ring (bicyclic) bond motifs is 1. The Morgan fingerprint density at radius 1 is 1.03 bits per heavy atom. The van der Waals surface area contributed by atoms with Crippen LogP contribution in [0.2, 0.25) is 0 Å². The summed E-state index contributed by atoms with van der Waals surface area (Å²) in [5, 5.41) is 14.5. The van der Waals surface area contributed by atoms with Crippen molar-refractivity contribution in [2.75, 3.05) is 12.4 Å². The lowest BCUT2D eigenvalue weighted by molar-refractivity contribution is 0.796. The predicted molar refractivity (Wildman–Crippen MR) is 131 cm³/mol. The maximum atomic E-state index is 8.87. The Kier molecular flexibility index (Phi) is 5.91. The van der Waals surface area contributed by atoms with Gasteiger partial charge in [-0.2, -0.15) is 5.26 Å². The molecule has 0 radical (unpaired) electrons. The van der Waals surface area contributed by atoms with Crippen molar-refractivity contribution in [2.45, 2.75) is 27.3 Å². The lowest BCUT2D eigenvalue weighted by Gasteiger charge is -2.14. The monoisotopic (exact) mass is 422 g/mol. The van der Waals surface area contributed by atoms with E-state index in [2.05, 4.69) is 89.5 Å². The molecule has 0 aliphatic rings. The molecule has 2 N–H and O–H groups in total. The van der Waals surface area contributed by atoms with Gasteiger partial charge in [0.25, 0.3) is 0 Å². The van der Waals surface area contributed by atoms with Crippen molar-refractivity contribution in [2.24, 2.45) is 4.99 Å². The molecule has 0 bridgehead atoms. The van der Waals surface area contributed by atoms with Gasteiger partial charge in [0.05, 0.1) is 11.0 Å². The van der Waals surface area contributed by atoms with Crippen LogP contribution in [0.25, 0.3) is 33.5 Å². The van der Waals surface area contributed by atoms with E-state index in [1.54, 1.807) is 7.05 Å².